The topological polar surface area (TPSA) is 41.4 Å². The minimum Gasteiger partial charge on any atom is -0.343 e. The van der Waals surface area contributed by atoms with E-state index in [1.54, 1.807) is 0 Å². The fraction of sp³-hybridized carbons (Fsp3) is 0.750. The molecule has 1 fully saturated rings. The number of rotatable bonds is 5. The molecular weight excluding hydrogens is 300 g/mol. The van der Waals surface area contributed by atoms with Crippen LogP contribution in [0.2, 0.25) is 0 Å². The zero-order valence-electron chi connectivity index (χ0n) is 14.2. The van der Waals surface area contributed by atoms with Crippen molar-refractivity contribution >= 4 is 18.3 Å². The van der Waals surface area contributed by atoms with E-state index in [-0.39, 0.29) is 18.3 Å². The van der Waals surface area contributed by atoms with E-state index in [2.05, 4.69) is 42.4 Å². The Morgan fingerprint density at radius 1 is 1.36 bits per heavy atom. The van der Waals surface area contributed by atoms with Crippen LogP contribution < -0.4 is 0 Å². The quantitative estimate of drug-likeness (QED) is 0.833. The Labute approximate surface area is 140 Å². The minimum atomic E-state index is 0. The summed E-state index contributed by atoms with van der Waals surface area (Å²) in [4.78, 5) is 21.0. The zero-order chi connectivity index (χ0) is 15.4. The van der Waals surface area contributed by atoms with Crippen molar-refractivity contribution in [2.24, 2.45) is 0 Å². The molecule has 0 N–H and O–H groups in total. The Balaban J connectivity index is 0.00000242. The van der Waals surface area contributed by atoms with Crippen LogP contribution in [0.15, 0.2) is 12.4 Å². The number of nitrogens with zero attached hydrogens (tertiary/aromatic N) is 4. The first-order valence-electron chi connectivity index (χ1n) is 7.95. The largest absolute Gasteiger partial charge is 0.343 e. The van der Waals surface area contributed by atoms with E-state index in [0.717, 1.165) is 38.2 Å². The van der Waals surface area contributed by atoms with Crippen molar-refractivity contribution in [3.05, 3.63) is 18.2 Å². The van der Waals surface area contributed by atoms with Crippen LogP contribution in [-0.2, 0) is 11.2 Å². The van der Waals surface area contributed by atoms with Gasteiger partial charge >= 0.3 is 0 Å². The molecule has 0 unspecified atom stereocenters. The molecular formula is C16H29ClN4O. The molecule has 1 aromatic rings. The highest BCUT2D eigenvalue weighted by Crippen LogP contribution is 2.16. The second-order valence-electron chi connectivity index (χ2n) is 6.42. The molecule has 0 bridgehead atoms. The predicted molar refractivity (Wildman–Crippen MR) is 91.5 cm³/mol. The lowest BCUT2D eigenvalue weighted by Crippen LogP contribution is -2.44. The standard InChI is InChI=1S/C16H28N4O.ClH/c1-13(2)20-12-9-17-15(20)5-6-16(21)19-10-7-14(8-11-19)18(3)4;/h9,12-14H,5-8,10-11H2,1-4H3;1H. The summed E-state index contributed by atoms with van der Waals surface area (Å²) < 4.78 is 2.14. The molecule has 0 atom stereocenters. The Morgan fingerprint density at radius 3 is 2.55 bits per heavy atom. The molecule has 0 aromatic carbocycles. The monoisotopic (exact) mass is 328 g/mol. The molecule has 0 radical (unpaired) electrons. The fourth-order valence-corrected chi connectivity index (χ4v) is 3.02. The zero-order valence-corrected chi connectivity index (χ0v) is 15.0. The SMILES string of the molecule is CC(C)n1ccnc1CCC(=O)N1CCC(N(C)C)CC1.Cl. The van der Waals surface area contributed by atoms with E-state index in [4.69, 9.17) is 0 Å². The summed E-state index contributed by atoms with van der Waals surface area (Å²) >= 11 is 0. The van der Waals surface area contributed by atoms with E-state index in [9.17, 15) is 4.79 Å². The molecule has 1 aliphatic rings. The van der Waals surface area contributed by atoms with E-state index < -0.39 is 0 Å². The third-order valence-corrected chi connectivity index (χ3v) is 4.42. The highest BCUT2D eigenvalue weighted by Gasteiger charge is 2.23. The average Bonchev–Trinajstić information content (AvgIpc) is 2.93. The summed E-state index contributed by atoms with van der Waals surface area (Å²) in [5.41, 5.74) is 0. The number of aromatic nitrogens is 2. The molecule has 1 amide bonds. The number of amides is 1. The van der Waals surface area contributed by atoms with Crippen LogP contribution in [0, 0.1) is 0 Å². The van der Waals surface area contributed by atoms with Gasteiger partial charge in [0.25, 0.3) is 0 Å². The van der Waals surface area contributed by atoms with Crippen molar-refractivity contribution in [2.45, 2.75) is 51.6 Å². The fourth-order valence-electron chi connectivity index (χ4n) is 3.02. The molecule has 22 heavy (non-hydrogen) atoms. The lowest BCUT2D eigenvalue weighted by molar-refractivity contribution is -0.132. The van der Waals surface area contributed by atoms with Gasteiger partial charge < -0.3 is 14.4 Å². The van der Waals surface area contributed by atoms with Crippen molar-refractivity contribution in [3.8, 4) is 0 Å². The predicted octanol–water partition coefficient (Wildman–Crippen LogP) is 2.37. The Bertz CT molecular complexity index is 464. The number of piperidine rings is 1. The second kappa shape index (κ2) is 8.53. The molecule has 0 aliphatic carbocycles. The summed E-state index contributed by atoms with van der Waals surface area (Å²) in [6.45, 7) is 6.05. The van der Waals surface area contributed by atoms with Crippen LogP contribution >= 0.6 is 12.4 Å². The van der Waals surface area contributed by atoms with E-state index in [1.165, 1.54) is 0 Å². The average molecular weight is 329 g/mol. The van der Waals surface area contributed by atoms with Gasteiger partial charge in [-0.2, -0.15) is 0 Å². The summed E-state index contributed by atoms with van der Waals surface area (Å²) in [7, 11) is 4.24. The Hall–Kier alpha value is -1.07. The first-order chi connectivity index (χ1) is 9.99. The maximum Gasteiger partial charge on any atom is 0.223 e. The molecule has 2 rings (SSSR count). The molecule has 1 saturated heterocycles. The number of imidazole rings is 1. The molecule has 0 spiro atoms. The second-order valence-corrected chi connectivity index (χ2v) is 6.42. The molecule has 5 nitrogen and oxygen atoms in total. The Kier molecular flexibility index (Phi) is 7.36. The van der Waals surface area contributed by atoms with Crippen LogP contribution in [-0.4, -0.2) is 58.5 Å². The third-order valence-electron chi connectivity index (χ3n) is 4.42. The smallest absolute Gasteiger partial charge is 0.223 e. The van der Waals surface area contributed by atoms with Gasteiger partial charge in [-0.25, -0.2) is 4.98 Å². The molecule has 2 heterocycles. The number of aryl methyl sites for hydroxylation is 1. The van der Waals surface area contributed by atoms with E-state index in [0.29, 0.717) is 18.5 Å². The molecule has 1 aromatic heterocycles. The van der Waals surface area contributed by atoms with Gasteiger partial charge in [0.1, 0.15) is 5.82 Å². The first-order valence-corrected chi connectivity index (χ1v) is 7.95. The summed E-state index contributed by atoms with van der Waals surface area (Å²) in [6.07, 6.45) is 7.28. The number of likely N-dealkylation sites (tertiary alicyclic amines) is 1. The summed E-state index contributed by atoms with van der Waals surface area (Å²) in [5.74, 6) is 1.28. The van der Waals surface area contributed by atoms with Crippen molar-refractivity contribution in [3.63, 3.8) is 0 Å². The number of carbonyl (C=O) groups excluding carboxylic acids is 1. The highest BCUT2D eigenvalue weighted by molar-refractivity contribution is 5.85. The summed E-state index contributed by atoms with van der Waals surface area (Å²) in [5, 5.41) is 0. The van der Waals surface area contributed by atoms with Crippen molar-refractivity contribution in [2.75, 3.05) is 27.2 Å². The van der Waals surface area contributed by atoms with E-state index in [1.807, 2.05) is 17.3 Å². The molecule has 6 heteroatoms. The summed E-state index contributed by atoms with van der Waals surface area (Å²) in [6, 6.07) is 1.02. The van der Waals surface area contributed by atoms with Crippen LogP contribution in [0.25, 0.3) is 0 Å². The van der Waals surface area contributed by atoms with E-state index >= 15 is 0 Å². The van der Waals surface area contributed by atoms with Crippen molar-refractivity contribution < 1.29 is 4.79 Å². The number of halogens is 1. The van der Waals surface area contributed by atoms with Crippen LogP contribution in [0.4, 0.5) is 0 Å². The van der Waals surface area contributed by atoms with Crippen LogP contribution in [0.5, 0.6) is 0 Å². The Morgan fingerprint density at radius 2 is 2.00 bits per heavy atom. The van der Waals surface area contributed by atoms with Crippen LogP contribution in [0.3, 0.4) is 0 Å². The maximum atomic E-state index is 12.3. The van der Waals surface area contributed by atoms with Crippen LogP contribution in [0.1, 0.15) is 45.0 Å². The van der Waals surface area contributed by atoms with Gasteiger partial charge in [0.2, 0.25) is 5.91 Å². The van der Waals surface area contributed by atoms with Gasteiger partial charge in [0.05, 0.1) is 0 Å². The number of hydrogen-bond acceptors (Lipinski definition) is 3. The minimum absolute atomic E-state index is 0. The molecule has 126 valence electrons. The third kappa shape index (κ3) is 4.71. The van der Waals surface area contributed by atoms with Gasteiger partial charge in [-0.05, 0) is 40.8 Å². The normalized spacial score (nSPS) is 16.2. The number of hydrogen-bond donors (Lipinski definition) is 0. The van der Waals surface area contributed by atoms with Gasteiger partial charge in [-0.3, -0.25) is 4.79 Å². The van der Waals surface area contributed by atoms with Gasteiger partial charge in [-0.15, -0.1) is 12.4 Å². The van der Waals surface area contributed by atoms with Crippen molar-refractivity contribution in [1.82, 2.24) is 19.4 Å². The van der Waals surface area contributed by atoms with Gasteiger partial charge in [0.15, 0.2) is 0 Å². The maximum absolute atomic E-state index is 12.3. The highest BCUT2D eigenvalue weighted by atomic mass is 35.5. The lowest BCUT2D eigenvalue weighted by atomic mass is 10.0. The molecule has 0 saturated carbocycles. The lowest BCUT2D eigenvalue weighted by Gasteiger charge is -2.35. The number of carbonyl (C=O) groups is 1. The molecule has 1 aliphatic heterocycles. The van der Waals surface area contributed by atoms with Crippen molar-refractivity contribution in [1.29, 1.82) is 0 Å². The van der Waals surface area contributed by atoms with Gasteiger partial charge in [0, 0.05) is 50.4 Å². The van der Waals surface area contributed by atoms with Gasteiger partial charge in [-0.1, -0.05) is 0 Å². The first kappa shape index (κ1) is 19.0.